The summed E-state index contributed by atoms with van der Waals surface area (Å²) in [5.41, 5.74) is -2.54. The van der Waals surface area contributed by atoms with E-state index in [1.165, 1.54) is 36.4 Å². The molecule has 1 aliphatic carbocycles. The van der Waals surface area contributed by atoms with Crippen LogP contribution in [0.4, 0.5) is 28.0 Å². The van der Waals surface area contributed by atoms with E-state index in [1.807, 2.05) is 11.4 Å². The van der Waals surface area contributed by atoms with Gasteiger partial charge in [0.25, 0.3) is 5.91 Å². The zero-order chi connectivity index (χ0) is 36.4. The van der Waals surface area contributed by atoms with Gasteiger partial charge in [-0.15, -0.1) is 4.72 Å². The molecule has 16 heteroatoms. The van der Waals surface area contributed by atoms with Crippen molar-refractivity contribution in [3.63, 3.8) is 0 Å². The van der Waals surface area contributed by atoms with Crippen molar-refractivity contribution in [1.29, 1.82) is 5.41 Å². The quantitative estimate of drug-likeness (QED) is 0.0496. The third kappa shape index (κ3) is 8.31. The fraction of sp³-hybridized carbons (Fsp3) is 0.324. The molecule has 0 saturated heterocycles. The highest BCUT2D eigenvalue weighted by Gasteiger charge is 2.44. The highest BCUT2D eigenvalue weighted by atomic mass is 32.2. The van der Waals surface area contributed by atoms with Crippen molar-refractivity contribution >= 4 is 34.9 Å². The fourth-order valence-corrected chi connectivity index (χ4v) is 6.26. The lowest BCUT2D eigenvalue weighted by atomic mass is 9.80. The van der Waals surface area contributed by atoms with E-state index in [2.05, 4.69) is 20.1 Å². The first-order valence-electron chi connectivity index (χ1n) is 15.6. The molecule has 0 spiro atoms. The van der Waals surface area contributed by atoms with E-state index >= 15 is 4.39 Å². The van der Waals surface area contributed by atoms with E-state index < -0.39 is 62.9 Å². The van der Waals surface area contributed by atoms with E-state index in [0.29, 0.717) is 34.2 Å². The molecule has 5 N–H and O–H groups in total. The van der Waals surface area contributed by atoms with Crippen LogP contribution in [0.1, 0.15) is 79.3 Å². The van der Waals surface area contributed by atoms with Gasteiger partial charge in [0.2, 0.25) is 0 Å². The predicted octanol–water partition coefficient (Wildman–Crippen LogP) is 6.76. The number of nitrogens with one attached hydrogen (secondary N) is 4. The number of halogens is 4. The number of aromatic nitrogens is 3. The summed E-state index contributed by atoms with van der Waals surface area (Å²) in [4.78, 5) is 29.0. The SMILES string of the molecule is CC(C)(C)[S+]([O-])N[C@@](CCC1CC1)(c1cccnc1)c1ccc(F)c(NC(=O)c2cc(C(F)(F)F)nn2-c2cccc(C(=N)NC(=O)O)c2)c1. The molecule has 2 amide bonds. The fourth-order valence-electron chi connectivity index (χ4n) is 5.30. The first-order valence-corrected chi connectivity index (χ1v) is 16.7. The van der Waals surface area contributed by atoms with Gasteiger partial charge in [0.15, 0.2) is 5.69 Å². The molecule has 1 fully saturated rings. The maximum absolute atomic E-state index is 15.5. The van der Waals surface area contributed by atoms with Crippen LogP contribution in [0.2, 0.25) is 0 Å². The highest BCUT2D eigenvalue weighted by Crippen LogP contribution is 2.43. The van der Waals surface area contributed by atoms with Gasteiger partial charge < -0.3 is 15.0 Å². The summed E-state index contributed by atoms with van der Waals surface area (Å²) in [5.74, 6) is -2.11. The lowest BCUT2D eigenvalue weighted by molar-refractivity contribution is -0.141. The minimum Gasteiger partial charge on any atom is -0.598 e. The van der Waals surface area contributed by atoms with Gasteiger partial charge in [-0.1, -0.05) is 37.1 Å². The molecular weight excluding hydrogens is 678 g/mol. The summed E-state index contributed by atoms with van der Waals surface area (Å²) in [5, 5.41) is 24.7. The predicted molar refractivity (Wildman–Crippen MR) is 179 cm³/mol. The van der Waals surface area contributed by atoms with Gasteiger partial charge in [-0.3, -0.25) is 20.5 Å². The standard InChI is InChI=1S/C34H35F4N7O4S/c1-32(2,3)50(49)44-33(14-13-20-9-10-20,23-7-5-15-40-19-23)22-11-12-25(35)26(17-22)41-30(46)27-18-28(34(36,37)38)43-45(27)24-8-4-6-21(16-24)29(39)42-31(47)48/h4-8,11-12,15-20,44H,9-10,13-14H2,1-3H3,(H2,39,42)(H,41,46)(H,47,48)/t33-,50?/m1/s1. The van der Waals surface area contributed by atoms with Crippen molar-refractivity contribution in [2.75, 3.05) is 5.32 Å². The average molecular weight is 714 g/mol. The molecule has 2 heterocycles. The van der Waals surface area contributed by atoms with E-state index in [4.69, 9.17) is 10.5 Å². The molecule has 1 aliphatic rings. The number of amidine groups is 1. The summed E-state index contributed by atoms with van der Waals surface area (Å²) in [7, 11) is 0. The number of rotatable bonds is 11. The second kappa shape index (κ2) is 14.2. The molecule has 2 atom stereocenters. The van der Waals surface area contributed by atoms with E-state index in [9.17, 15) is 27.3 Å². The summed E-state index contributed by atoms with van der Waals surface area (Å²) in [6.07, 6.45) is 0.0228. The smallest absolute Gasteiger partial charge is 0.435 e. The Morgan fingerprint density at radius 3 is 2.42 bits per heavy atom. The highest BCUT2D eigenvalue weighted by molar-refractivity contribution is 7.90. The molecule has 11 nitrogen and oxygen atoms in total. The lowest BCUT2D eigenvalue weighted by Gasteiger charge is -2.38. The molecular formula is C34H35F4N7O4S. The molecule has 2 aromatic carbocycles. The summed E-state index contributed by atoms with van der Waals surface area (Å²) in [6.45, 7) is 5.42. The minimum absolute atomic E-state index is 0.0165. The minimum atomic E-state index is -4.96. The zero-order valence-corrected chi connectivity index (χ0v) is 28.1. The van der Waals surface area contributed by atoms with Crippen LogP contribution in [0, 0.1) is 17.1 Å². The Labute approximate surface area is 288 Å². The Bertz CT molecular complexity index is 1890. The van der Waals surface area contributed by atoms with E-state index in [-0.39, 0.29) is 16.9 Å². The second-order valence-electron chi connectivity index (χ2n) is 12.9. The monoisotopic (exact) mass is 713 g/mol. The van der Waals surface area contributed by atoms with Crippen LogP contribution in [-0.4, -0.2) is 47.0 Å². The third-order valence-corrected chi connectivity index (χ3v) is 9.80. The molecule has 1 saturated carbocycles. The van der Waals surface area contributed by atoms with Gasteiger partial charge in [0, 0.05) is 35.4 Å². The van der Waals surface area contributed by atoms with Crippen LogP contribution in [0.5, 0.6) is 0 Å². The number of carbonyl (C=O) groups excluding carboxylic acids is 1. The molecule has 2 aromatic heterocycles. The maximum Gasteiger partial charge on any atom is 0.435 e. The van der Waals surface area contributed by atoms with Crippen molar-refractivity contribution in [3.8, 4) is 5.69 Å². The van der Waals surface area contributed by atoms with Crippen LogP contribution in [-0.2, 0) is 23.1 Å². The van der Waals surface area contributed by atoms with Crippen molar-refractivity contribution < 1.29 is 36.8 Å². The van der Waals surface area contributed by atoms with Gasteiger partial charge in [0.1, 0.15) is 27.6 Å². The van der Waals surface area contributed by atoms with Gasteiger partial charge in [0.05, 0.1) is 11.4 Å². The lowest BCUT2D eigenvalue weighted by Crippen LogP contribution is -2.52. The van der Waals surface area contributed by atoms with E-state index in [0.717, 1.165) is 25.3 Å². The molecule has 5 rings (SSSR count). The number of anilines is 1. The van der Waals surface area contributed by atoms with Crippen LogP contribution in [0.3, 0.4) is 0 Å². The Kier molecular flexibility index (Phi) is 10.4. The summed E-state index contributed by atoms with van der Waals surface area (Å²) >= 11 is -1.62. The maximum atomic E-state index is 15.5. The number of benzene rings is 2. The van der Waals surface area contributed by atoms with Crippen molar-refractivity contribution in [1.82, 2.24) is 24.8 Å². The second-order valence-corrected chi connectivity index (χ2v) is 14.9. The number of amides is 2. The molecule has 0 radical (unpaired) electrons. The number of nitrogens with zero attached hydrogens (tertiary/aromatic N) is 3. The normalized spacial score (nSPS) is 15.2. The summed E-state index contributed by atoms with van der Waals surface area (Å²) < 4.78 is 74.0. The van der Waals surface area contributed by atoms with Gasteiger partial charge in [-0.05, 0) is 81.0 Å². The number of alkyl halides is 3. The number of pyridine rings is 1. The number of carboxylic acid groups (broad SMARTS) is 1. The van der Waals surface area contributed by atoms with Gasteiger partial charge in [-0.2, -0.15) is 18.3 Å². The van der Waals surface area contributed by atoms with Crippen molar-refractivity contribution in [2.45, 2.75) is 62.9 Å². The van der Waals surface area contributed by atoms with Crippen molar-refractivity contribution in [3.05, 3.63) is 107 Å². The number of hydrogen-bond acceptors (Lipinski definition) is 7. The molecule has 4 aromatic rings. The molecule has 264 valence electrons. The Morgan fingerprint density at radius 1 is 1.06 bits per heavy atom. The number of hydrogen-bond donors (Lipinski definition) is 5. The number of carbonyl (C=O) groups is 2. The van der Waals surface area contributed by atoms with Crippen LogP contribution in [0.25, 0.3) is 5.69 Å². The van der Waals surface area contributed by atoms with E-state index in [1.54, 1.807) is 39.2 Å². The van der Waals surface area contributed by atoms with Crippen LogP contribution < -0.4 is 15.4 Å². The average Bonchev–Trinajstić information content (AvgIpc) is 3.77. The largest absolute Gasteiger partial charge is 0.598 e. The van der Waals surface area contributed by atoms with Crippen LogP contribution in [0.15, 0.2) is 73.1 Å². The first-order chi connectivity index (χ1) is 23.5. The van der Waals surface area contributed by atoms with Crippen molar-refractivity contribution in [2.24, 2.45) is 5.92 Å². The molecule has 0 aliphatic heterocycles. The first kappa shape index (κ1) is 36.5. The molecule has 1 unspecified atom stereocenters. The van der Waals surface area contributed by atoms with Gasteiger partial charge >= 0.3 is 12.3 Å². The zero-order valence-electron chi connectivity index (χ0n) is 27.3. The Balaban J connectivity index is 1.57. The third-order valence-electron chi connectivity index (χ3n) is 8.15. The summed E-state index contributed by atoms with van der Waals surface area (Å²) in [6, 6.07) is 13.2. The Hall–Kier alpha value is -4.80. The topological polar surface area (TPSA) is 168 Å². The molecule has 0 bridgehead atoms. The Morgan fingerprint density at radius 2 is 1.80 bits per heavy atom. The molecule has 50 heavy (non-hydrogen) atoms. The van der Waals surface area contributed by atoms with Gasteiger partial charge in [-0.25, -0.2) is 13.9 Å². The van der Waals surface area contributed by atoms with Crippen LogP contribution >= 0.6 is 0 Å².